The second-order valence-corrected chi connectivity index (χ2v) is 8.14. The number of hydrogen-bond acceptors (Lipinski definition) is 4. The predicted octanol–water partition coefficient (Wildman–Crippen LogP) is 3.24. The molecule has 1 heterocycles. The summed E-state index contributed by atoms with van der Waals surface area (Å²) in [6.45, 7) is 1.54. The van der Waals surface area contributed by atoms with Gasteiger partial charge in [0.2, 0.25) is 5.91 Å². The molecule has 2 unspecified atom stereocenters. The molecule has 0 saturated carbocycles. The fourth-order valence-corrected chi connectivity index (χ4v) is 3.89. The summed E-state index contributed by atoms with van der Waals surface area (Å²) in [5, 5.41) is 14.7. The number of carbonyl (C=O) groups excluding carboxylic acids is 3. The molecule has 0 bridgehead atoms. The zero-order chi connectivity index (χ0) is 25.1. The highest BCUT2D eigenvalue weighted by atomic mass is 19.1. The first-order chi connectivity index (χ1) is 16.7. The Labute approximate surface area is 200 Å². The number of carboxylic acids is 1. The van der Waals surface area contributed by atoms with E-state index in [0.29, 0.717) is 5.69 Å². The van der Waals surface area contributed by atoms with E-state index in [1.54, 1.807) is 24.3 Å². The lowest BCUT2D eigenvalue weighted by atomic mass is 10.0. The van der Waals surface area contributed by atoms with Crippen LogP contribution >= 0.6 is 0 Å². The molecule has 3 N–H and O–H groups in total. The van der Waals surface area contributed by atoms with Crippen molar-refractivity contribution < 1.29 is 28.7 Å². The molecule has 0 saturated heterocycles. The molecule has 1 aliphatic heterocycles. The summed E-state index contributed by atoms with van der Waals surface area (Å²) in [5.41, 5.74) is 1.47. The van der Waals surface area contributed by atoms with Crippen molar-refractivity contribution in [2.75, 3.05) is 10.2 Å². The second kappa shape index (κ2) is 9.76. The number of carboxylic acid groups (broad SMARTS) is 1. The lowest BCUT2D eigenvalue weighted by molar-refractivity contribution is -0.139. The van der Waals surface area contributed by atoms with Crippen LogP contribution in [0.3, 0.4) is 0 Å². The maximum absolute atomic E-state index is 13.7. The lowest BCUT2D eigenvalue weighted by Crippen LogP contribution is -2.49. The molecule has 0 radical (unpaired) electrons. The van der Waals surface area contributed by atoms with Crippen LogP contribution in [0.2, 0.25) is 0 Å². The summed E-state index contributed by atoms with van der Waals surface area (Å²) < 4.78 is 13.7. The van der Waals surface area contributed by atoms with Gasteiger partial charge < -0.3 is 15.7 Å². The number of amides is 3. The summed E-state index contributed by atoms with van der Waals surface area (Å²) in [5.74, 6) is -3.46. The molecule has 178 valence electrons. The van der Waals surface area contributed by atoms with Gasteiger partial charge in [-0.05, 0) is 48.9 Å². The Morgan fingerprint density at radius 3 is 2.46 bits per heavy atom. The van der Waals surface area contributed by atoms with Gasteiger partial charge >= 0.3 is 5.97 Å². The van der Waals surface area contributed by atoms with E-state index in [-0.39, 0.29) is 23.2 Å². The smallest absolute Gasteiger partial charge is 0.326 e. The number of hydrogen-bond donors (Lipinski definition) is 3. The average molecular weight is 475 g/mol. The van der Waals surface area contributed by atoms with E-state index in [1.807, 2.05) is 6.07 Å². The Morgan fingerprint density at radius 2 is 1.77 bits per heavy atom. The van der Waals surface area contributed by atoms with Crippen molar-refractivity contribution in [2.24, 2.45) is 0 Å². The van der Waals surface area contributed by atoms with Crippen molar-refractivity contribution in [3.63, 3.8) is 0 Å². The van der Waals surface area contributed by atoms with Crippen LogP contribution in [0.5, 0.6) is 0 Å². The first-order valence-electron chi connectivity index (χ1n) is 10.9. The highest BCUT2D eigenvalue weighted by molar-refractivity contribution is 6.17. The molecule has 0 spiro atoms. The van der Waals surface area contributed by atoms with Crippen LogP contribution < -0.4 is 15.5 Å². The van der Waals surface area contributed by atoms with Crippen molar-refractivity contribution in [1.82, 2.24) is 5.32 Å². The second-order valence-electron chi connectivity index (χ2n) is 8.14. The summed E-state index contributed by atoms with van der Waals surface area (Å²) in [4.78, 5) is 51.5. The molecule has 1 aliphatic rings. The normalized spacial score (nSPS) is 15.5. The summed E-state index contributed by atoms with van der Waals surface area (Å²) >= 11 is 0. The fraction of sp³-hybridized carbons (Fsp3) is 0.154. The largest absolute Gasteiger partial charge is 0.480 e. The number of fused-ring (bicyclic) bond motifs is 1. The van der Waals surface area contributed by atoms with E-state index in [1.165, 1.54) is 48.2 Å². The highest BCUT2D eigenvalue weighted by Crippen LogP contribution is 2.34. The van der Waals surface area contributed by atoms with Gasteiger partial charge in [0, 0.05) is 17.5 Å². The number of anilines is 2. The third-order valence-corrected chi connectivity index (χ3v) is 5.72. The van der Waals surface area contributed by atoms with Gasteiger partial charge in [0.05, 0.1) is 11.4 Å². The SMILES string of the molecule is CC1C(=O)Nc2cc(C(=O)NC(Cc3ccccc3)C(=O)O)ccc2N1C(=O)c1cccc(F)c1. The van der Waals surface area contributed by atoms with E-state index < -0.39 is 41.6 Å². The number of aliphatic carboxylic acids is 1. The van der Waals surface area contributed by atoms with Gasteiger partial charge in [-0.2, -0.15) is 0 Å². The number of nitrogens with zero attached hydrogens (tertiary/aromatic N) is 1. The standard InChI is InChI=1S/C26H22FN3O5/c1-15-23(31)28-20-14-17(24(32)29-21(26(34)35)12-16-6-3-2-4-7-16)10-11-22(20)30(15)25(33)18-8-5-9-19(27)13-18/h2-11,13-15,21H,12H2,1H3,(H,28,31)(H,29,32)(H,34,35). The molecule has 4 rings (SSSR count). The molecular formula is C26H22FN3O5. The predicted molar refractivity (Wildman–Crippen MR) is 127 cm³/mol. The van der Waals surface area contributed by atoms with Crippen LogP contribution in [-0.2, 0) is 16.0 Å². The number of benzene rings is 3. The van der Waals surface area contributed by atoms with Gasteiger partial charge in [-0.3, -0.25) is 19.3 Å². The Hall–Kier alpha value is -4.53. The van der Waals surface area contributed by atoms with Crippen LogP contribution in [0.15, 0.2) is 72.8 Å². The van der Waals surface area contributed by atoms with E-state index in [2.05, 4.69) is 10.6 Å². The van der Waals surface area contributed by atoms with Crippen molar-refractivity contribution >= 4 is 35.1 Å². The highest BCUT2D eigenvalue weighted by Gasteiger charge is 2.35. The van der Waals surface area contributed by atoms with E-state index in [9.17, 15) is 28.7 Å². The minimum Gasteiger partial charge on any atom is -0.480 e. The van der Waals surface area contributed by atoms with Crippen LogP contribution in [0.4, 0.5) is 15.8 Å². The molecule has 3 aromatic rings. The van der Waals surface area contributed by atoms with E-state index in [4.69, 9.17) is 0 Å². The fourth-order valence-electron chi connectivity index (χ4n) is 3.89. The minimum atomic E-state index is -1.19. The maximum Gasteiger partial charge on any atom is 0.326 e. The number of rotatable bonds is 6. The minimum absolute atomic E-state index is 0.0736. The number of carbonyl (C=O) groups is 4. The van der Waals surface area contributed by atoms with E-state index >= 15 is 0 Å². The van der Waals surface area contributed by atoms with Gasteiger partial charge in [-0.1, -0.05) is 36.4 Å². The van der Waals surface area contributed by atoms with Crippen molar-refractivity contribution in [1.29, 1.82) is 0 Å². The van der Waals surface area contributed by atoms with Crippen molar-refractivity contribution in [3.05, 3.63) is 95.3 Å². The number of halogens is 1. The molecule has 2 atom stereocenters. The molecule has 9 heteroatoms. The van der Waals surface area contributed by atoms with Gasteiger partial charge in [0.1, 0.15) is 17.9 Å². The zero-order valence-corrected chi connectivity index (χ0v) is 18.7. The Balaban J connectivity index is 1.60. The Kier molecular flexibility index (Phi) is 6.59. The molecule has 35 heavy (non-hydrogen) atoms. The van der Waals surface area contributed by atoms with Crippen LogP contribution in [0.25, 0.3) is 0 Å². The molecular weight excluding hydrogens is 453 g/mol. The summed E-state index contributed by atoms with van der Waals surface area (Å²) in [6.07, 6.45) is 0.0943. The lowest BCUT2D eigenvalue weighted by Gasteiger charge is -2.34. The van der Waals surface area contributed by atoms with Crippen LogP contribution in [-0.4, -0.2) is 40.9 Å². The molecule has 0 aromatic heterocycles. The van der Waals surface area contributed by atoms with Gasteiger partial charge in [0.15, 0.2) is 0 Å². The summed E-state index contributed by atoms with van der Waals surface area (Å²) in [6, 6.07) is 16.3. The molecule has 3 aromatic carbocycles. The van der Waals surface area contributed by atoms with Gasteiger partial charge in [-0.25, -0.2) is 9.18 Å². The van der Waals surface area contributed by atoms with Gasteiger partial charge in [0.25, 0.3) is 11.8 Å². The maximum atomic E-state index is 13.7. The summed E-state index contributed by atoms with van der Waals surface area (Å²) in [7, 11) is 0. The first-order valence-corrected chi connectivity index (χ1v) is 10.9. The Bertz CT molecular complexity index is 1310. The Morgan fingerprint density at radius 1 is 1.03 bits per heavy atom. The number of nitrogens with one attached hydrogen (secondary N) is 2. The topological polar surface area (TPSA) is 116 Å². The zero-order valence-electron chi connectivity index (χ0n) is 18.7. The molecule has 0 fully saturated rings. The molecule has 0 aliphatic carbocycles. The van der Waals surface area contributed by atoms with Crippen LogP contribution in [0.1, 0.15) is 33.2 Å². The monoisotopic (exact) mass is 475 g/mol. The van der Waals surface area contributed by atoms with E-state index in [0.717, 1.165) is 11.6 Å². The van der Waals surface area contributed by atoms with Gasteiger partial charge in [-0.15, -0.1) is 0 Å². The van der Waals surface area contributed by atoms with Crippen molar-refractivity contribution in [2.45, 2.75) is 25.4 Å². The molecule has 3 amide bonds. The first kappa shape index (κ1) is 23.6. The molecule has 8 nitrogen and oxygen atoms in total. The third-order valence-electron chi connectivity index (χ3n) is 5.72. The average Bonchev–Trinajstić information content (AvgIpc) is 2.84. The quantitative estimate of drug-likeness (QED) is 0.506. The van der Waals surface area contributed by atoms with Crippen LogP contribution in [0, 0.1) is 5.82 Å². The van der Waals surface area contributed by atoms with Crippen molar-refractivity contribution in [3.8, 4) is 0 Å². The third kappa shape index (κ3) is 5.03.